The topological polar surface area (TPSA) is 91.1 Å². The molecule has 0 bridgehead atoms. The average molecular weight is 528 g/mol. The van der Waals surface area contributed by atoms with Crippen LogP contribution in [0, 0.1) is 0 Å². The Kier molecular flexibility index (Phi) is 10.3. The smallest absolute Gasteiger partial charge is 0.411 e. The number of nitrogens with zero attached hydrogens (tertiary/aromatic N) is 2. The number of aryl methyl sites for hydroxylation is 1. The van der Waals surface area contributed by atoms with Crippen molar-refractivity contribution in [2.75, 3.05) is 12.4 Å². The van der Waals surface area contributed by atoms with E-state index in [9.17, 15) is 9.59 Å². The normalized spacial score (nSPS) is 10.8. The standard InChI is InChI=1S/C18H19N3O3S.C8H7ClO2/c1-3-21-15-10-9-14(11-16(15)25-17(21)20-23-2)19-18(22)24-12-13-7-5-4-6-8-13;9-8(10)11-6-7-4-2-1-3-5-7/h4-11H,3,12H2,1-2H3,(H,19,22);1-5H,6H2. The van der Waals surface area contributed by atoms with Gasteiger partial charge in [-0.15, -0.1) is 0 Å². The second-order valence-electron chi connectivity index (χ2n) is 7.28. The van der Waals surface area contributed by atoms with Crippen molar-refractivity contribution < 1.29 is 23.9 Å². The van der Waals surface area contributed by atoms with Gasteiger partial charge in [-0.05, 0) is 36.2 Å². The van der Waals surface area contributed by atoms with Crippen molar-refractivity contribution in [2.45, 2.75) is 26.7 Å². The number of hydrogen-bond acceptors (Lipinski definition) is 7. The molecule has 10 heteroatoms. The highest BCUT2D eigenvalue weighted by atomic mass is 35.5. The number of rotatable bonds is 7. The minimum absolute atomic E-state index is 0.237. The largest absolute Gasteiger partial charge is 0.449 e. The van der Waals surface area contributed by atoms with E-state index in [0.29, 0.717) is 5.69 Å². The summed E-state index contributed by atoms with van der Waals surface area (Å²) in [4.78, 5) is 27.8. The molecule has 1 heterocycles. The highest BCUT2D eigenvalue weighted by Crippen LogP contribution is 2.22. The van der Waals surface area contributed by atoms with Gasteiger partial charge in [0.05, 0.1) is 10.2 Å². The number of benzene rings is 3. The molecule has 0 spiro atoms. The van der Waals surface area contributed by atoms with E-state index in [1.807, 2.05) is 85.8 Å². The summed E-state index contributed by atoms with van der Waals surface area (Å²) in [6.07, 6.45) is -0.482. The Morgan fingerprint density at radius 3 is 2.11 bits per heavy atom. The van der Waals surface area contributed by atoms with Crippen LogP contribution in [0.1, 0.15) is 18.1 Å². The first-order chi connectivity index (χ1) is 17.5. The lowest BCUT2D eigenvalue weighted by Gasteiger charge is -2.07. The maximum absolute atomic E-state index is 12.0. The van der Waals surface area contributed by atoms with Crippen molar-refractivity contribution in [2.24, 2.45) is 5.16 Å². The molecule has 4 rings (SSSR count). The summed E-state index contributed by atoms with van der Waals surface area (Å²) in [7, 11) is 1.53. The number of nitrogens with one attached hydrogen (secondary N) is 1. The first-order valence-corrected chi connectivity index (χ1v) is 12.2. The lowest BCUT2D eigenvalue weighted by atomic mass is 10.2. The number of thiazole rings is 1. The Balaban J connectivity index is 0.000000275. The molecule has 4 aromatic rings. The number of hydrogen-bond donors (Lipinski definition) is 1. The van der Waals surface area contributed by atoms with Crippen molar-refractivity contribution in [1.82, 2.24) is 4.57 Å². The minimum Gasteiger partial charge on any atom is -0.449 e. The van der Waals surface area contributed by atoms with Crippen LogP contribution in [0.5, 0.6) is 0 Å². The molecule has 36 heavy (non-hydrogen) atoms. The van der Waals surface area contributed by atoms with E-state index in [1.165, 1.54) is 18.4 Å². The number of carbonyl (C=O) groups is 2. The Morgan fingerprint density at radius 2 is 1.56 bits per heavy atom. The third-order valence-electron chi connectivity index (χ3n) is 4.82. The van der Waals surface area contributed by atoms with Gasteiger partial charge in [-0.1, -0.05) is 77.2 Å². The zero-order valence-electron chi connectivity index (χ0n) is 19.8. The fourth-order valence-electron chi connectivity index (χ4n) is 3.20. The van der Waals surface area contributed by atoms with Crippen LogP contribution in [0.15, 0.2) is 84.0 Å². The molecule has 0 fully saturated rings. The van der Waals surface area contributed by atoms with E-state index in [-0.39, 0.29) is 13.2 Å². The third kappa shape index (κ3) is 8.14. The van der Waals surface area contributed by atoms with E-state index >= 15 is 0 Å². The molecule has 3 aromatic carbocycles. The van der Waals surface area contributed by atoms with E-state index in [2.05, 4.69) is 19.8 Å². The molecule has 0 radical (unpaired) electrons. The van der Waals surface area contributed by atoms with Gasteiger partial charge in [0.1, 0.15) is 20.3 Å². The van der Waals surface area contributed by atoms with Gasteiger partial charge in [0, 0.05) is 23.8 Å². The van der Waals surface area contributed by atoms with Gasteiger partial charge in [-0.3, -0.25) is 5.32 Å². The van der Waals surface area contributed by atoms with Crippen molar-refractivity contribution in [3.8, 4) is 0 Å². The van der Waals surface area contributed by atoms with Crippen LogP contribution in [0.2, 0.25) is 0 Å². The Morgan fingerprint density at radius 1 is 0.944 bits per heavy atom. The minimum atomic E-state index is -0.770. The maximum Gasteiger partial charge on any atom is 0.411 e. The van der Waals surface area contributed by atoms with Gasteiger partial charge in [0.25, 0.3) is 0 Å². The number of ether oxygens (including phenoxy) is 2. The molecule has 0 aliphatic heterocycles. The molecule has 8 nitrogen and oxygen atoms in total. The number of carbonyl (C=O) groups excluding carboxylic acids is 2. The maximum atomic E-state index is 12.0. The first-order valence-electron chi connectivity index (χ1n) is 11.0. The summed E-state index contributed by atoms with van der Waals surface area (Å²) >= 11 is 6.47. The zero-order chi connectivity index (χ0) is 25.8. The summed E-state index contributed by atoms with van der Waals surface area (Å²) in [6.45, 7) is 3.31. The van der Waals surface area contributed by atoms with Crippen molar-refractivity contribution in [3.63, 3.8) is 0 Å². The van der Waals surface area contributed by atoms with Crippen LogP contribution >= 0.6 is 22.9 Å². The molecule has 188 valence electrons. The fourth-order valence-corrected chi connectivity index (χ4v) is 4.37. The van der Waals surface area contributed by atoms with Crippen molar-refractivity contribution in [1.29, 1.82) is 0 Å². The second kappa shape index (κ2) is 13.9. The molecule has 0 aliphatic carbocycles. The molecule has 0 unspecified atom stereocenters. The van der Waals surface area contributed by atoms with Crippen LogP contribution < -0.4 is 10.1 Å². The second-order valence-corrected chi connectivity index (χ2v) is 8.60. The molecule has 0 atom stereocenters. The Hall–Kier alpha value is -3.82. The number of amides is 1. The molecule has 1 N–H and O–H groups in total. The molecular formula is C26H26ClN3O5S. The Bertz CT molecular complexity index is 1340. The molecule has 1 amide bonds. The van der Waals surface area contributed by atoms with Crippen molar-refractivity contribution >= 4 is 50.4 Å². The molecule has 0 aliphatic rings. The number of anilines is 1. The number of fused-ring (bicyclic) bond motifs is 1. The lowest BCUT2D eigenvalue weighted by Crippen LogP contribution is -2.14. The van der Waals surface area contributed by atoms with E-state index in [1.54, 1.807) is 0 Å². The highest BCUT2D eigenvalue weighted by Gasteiger charge is 2.09. The summed E-state index contributed by atoms with van der Waals surface area (Å²) in [5.74, 6) is 0. The number of aromatic nitrogens is 1. The van der Waals surface area contributed by atoms with Crippen LogP contribution in [0.3, 0.4) is 0 Å². The summed E-state index contributed by atoms with van der Waals surface area (Å²) in [6, 6.07) is 24.6. The third-order valence-corrected chi connectivity index (χ3v) is 5.96. The van der Waals surface area contributed by atoms with Gasteiger partial charge in [0.2, 0.25) is 4.80 Å². The van der Waals surface area contributed by atoms with E-state index in [0.717, 1.165) is 32.7 Å². The van der Waals surface area contributed by atoms with Gasteiger partial charge in [0.15, 0.2) is 0 Å². The molecule has 0 saturated carbocycles. The van der Waals surface area contributed by atoms with Crippen LogP contribution in [0.25, 0.3) is 10.2 Å². The van der Waals surface area contributed by atoms with Gasteiger partial charge >= 0.3 is 11.5 Å². The predicted molar refractivity (Wildman–Crippen MR) is 141 cm³/mol. The zero-order valence-corrected chi connectivity index (χ0v) is 21.4. The van der Waals surface area contributed by atoms with E-state index in [4.69, 9.17) is 21.2 Å². The van der Waals surface area contributed by atoms with Gasteiger partial charge < -0.3 is 18.9 Å². The summed E-state index contributed by atoms with van der Waals surface area (Å²) in [5, 5.41) is 6.80. The van der Waals surface area contributed by atoms with E-state index < -0.39 is 11.5 Å². The number of halogens is 1. The van der Waals surface area contributed by atoms with Crippen molar-refractivity contribution in [3.05, 3.63) is 94.8 Å². The van der Waals surface area contributed by atoms with Gasteiger partial charge in [-0.25, -0.2) is 9.59 Å². The summed E-state index contributed by atoms with van der Waals surface area (Å²) in [5.41, 5.74) is 2.84. The quantitative estimate of drug-likeness (QED) is 0.219. The molecule has 0 saturated heterocycles. The highest BCUT2D eigenvalue weighted by molar-refractivity contribution is 7.16. The summed E-state index contributed by atoms with van der Waals surface area (Å²) < 4.78 is 12.9. The van der Waals surface area contributed by atoms with Crippen LogP contribution in [-0.2, 0) is 34.1 Å². The average Bonchev–Trinajstić information content (AvgIpc) is 3.24. The van der Waals surface area contributed by atoms with Gasteiger partial charge in [-0.2, -0.15) is 0 Å². The molecule has 1 aromatic heterocycles. The predicted octanol–water partition coefficient (Wildman–Crippen LogP) is 6.50. The SMILES string of the molecule is CCn1c(=NOC)sc2cc(NC(=O)OCc3ccccc3)ccc21.O=C(Cl)OCc1ccccc1. The Labute approximate surface area is 217 Å². The van der Waals surface area contributed by atoms with Crippen LogP contribution in [-0.4, -0.2) is 23.2 Å². The fraction of sp³-hybridized carbons (Fsp3) is 0.192. The monoisotopic (exact) mass is 527 g/mol. The first kappa shape index (κ1) is 26.8. The lowest BCUT2D eigenvalue weighted by molar-refractivity contribution is 0.155. The van der Waals surface area contributed by atoms with Crippen LogP contribution in [0.4, 0.5) is 15.3 Å². The molecular weight excluding hydrogens is 502 g/mol.